The maximum Gasteiger partial charge on any atom is 0.673 e. The zero-order valence-corrected chi connectivity index (χ0v) is 9.91. The highest BCUT2D eigenvalue weighted by Crippen LogP contribution is 2.10. The Balaban J connectivity index is 0.000000385. The molecule has 94 valence electrons. The van der Waals surface area contributed by atoms with Gasteiger partial charge in [-0.3, -0.25) is 0 Å². The van der Waals surface area contributed by atoms with E-state index in [-0.39, 0.29) is 6.61 Å². The maximum atomic E-state index is 9.75. The summed E-state index contributed by atoms with van der Waals surface area (Å²) in [5, 5.41) is 8.72. The lowest BCUT2D eigenvalue weighted by atomic mass is 10.3. The average molecular weight is 259 g/mol. The first-order valence-electron chi connectivity index (χ1n) is 4.74. The fourth-order valence-corrected chi connectivity index (χ4v) is 2.16. The number of thiazole rings is 1. The van der Waals surface area contributed by atoms with Crippen LogP contribution >= 0.6 is 11.3 Å². The molecule has 1 heterocycles. The van der Waals surface area contributed by atoms with Gasteiger partial charge in [-0.1, -0.05) is 11.3 Å². The number of hydrogen-bond acceptors (Lipinski definition) is 2. The zero-order chi connectivity index (χ0) is 12.8. The van der Waals surface area contributed by atoms with Crippen molar-refractivity contribution < 1.29 is 26.9 Å². The molecule has 0 atom stereocenters. The van der Waals surface area contributed by atoms with E-state index in [0.29, 0.717) is 0 Å². The van der Waals surface area contributed by atoms with Crippen LogP contribution in [0.2, 0.25) is 0 Å². The van der Waals surface area contributed by atoms with Crippen molar-refractivity contribution in [3.63, 3.8) is 0 Å². The summed E-state index contributed by atoms with van der Waals surface area (Å²) in [7, 11) is -6.00. The Bertz CT molecular complexity index is 309. The fourth-order valence-electron chi connectivity index (χ4n) is 1.10. The minimum atomic E-state index is -6.00. The fraction of sp³-hybridized carbons (Fsp3) is 0.625. The standard InChI is InChI=1S/C8H14NOS.BF4/c1-3-9-6-11-8(4-5-10)7(9)2;2-1(3,4)5/h6,10H,3-5H2,1-2H3;/q+1;-1. The Morgan fingerprint density at radius 1 is 1.38 bits per heavy atom. The topological polar surface area (TPSA) is 24.1 Å². The smallest absolute Gasteiger partial charge is 0.418 e. The Morgan fingerprint density at radius 3 is 2.19 bits per heavy atom. The van der Waals surface area contributed by atoms with Gasteiger partial charge >= 0.3 is 7.25 Å². The lowest BCUT2D eigenvalue weighted by Gasteiger charge is -1.94. The number of aliphatic hydroxyl groups is 1. The number of halogens is 4. The summed E-state index contributed by atoms with van der Waals surface area (Å²) in [5.41, 5.74) is 3.41. The number of aromatic nitrogens is 1. The van der Waals surface area contributed by atoms with E-state index in [0.717, 1.165) is 13.0 Å². The van der Waals surface area contributed by atoms with E-state index in [1.807, 2.05) is 0 Å². The molecule has 1 rings (SSSR count). The molecule has 0 aromatic carbocycles. The van der Waals surface area contributed by atoms with Gasteiger partial charge in [0.25, 0.3) is 0 Å². The summed E-state index contributed by atoms with van der Waals surface area (Å²) >= 11 is 1.73. The van der Waals surface area contributed by atoms with Crippen molar-refractivity contribution in [2.24, 2.45) is 0 Å². The summed E-state index contributed by atoms with van der Waals surface area (Å²) in [5.74, 6) is 0. The number of aryl methyl sites for hydroxylation is 1. The Labute approximate surface area is 95.6 Å². The summed E-state index contributed by atoms with van der Waals surface area (Å²) in [6, 6.07) is 0. The van der Waals surface area contributed by atoms with E-state index < -0.39 is 7.25 Å². The number of aliphatic hydroxyl groups excluding tert-OH is 1. The maximum absolute atomic E-state index is 9.75. The third kappa shape index (κ3) is 6.78. The highest BCUT2D eigenvalue weighted by molar-refractivity contribution is 7.09. The molecule has 1 aromatic rings. The first-order chi connectivity index (χ1) is 7.29. The molecule has 0 spiro atoms. The Morgan fingerprint density at radius 2 is 1.88 bits per heavy atom. The number of hydrogen-bond donors (Lipinski definition) is 1. The van der Waals surface area contributed by atoms with E-state index in [9.17, 15) is 17.3 Å². The molecular formula is C8H14BF4NOS. The molecule has 0 aliphatic rings. The summed E-state index contributed by atoms with van der Waals surface area (Å²) < 4.78 is 41.2. The van der Waals surface area contributed by atoms with Crippen LogP contribution in [0.4, 0.5) is 17.3 Å². The van der Waals surface area contributed by atoms with Gasteiger partial charge in [-0.2, -0.15) is 4.57 Å². The van der Waals surface area contributed by atoms with Gasteiger partial charge in [0, 0.05) is 20.0 Å². The predicted molar refractivity (Wildman–Crippen MR) is 55.9 cm³/mol. The highest BCUT2D eigenvalue weighted by atomic mass is 32.1. The molecule has 1 aromatic heterocycles. The van der Waals surface area contributed by atoms with Gasteiger partial charge in [-0.05, 0) is 6.92 Å². The van der Waals surface area contributed by atoms with Gasteiger partial charge in [0.05, 0.1) is 4.88 Å². The van der Waals surface area contributed by atoms with E-state index in [1.54, 1.807) is 11.3 Å². The second-order valence-corrected chi connectivity index (χ2v) is 3.93. The van der Waals surface area contributed by atoms with Crippen molar-refractivity contribution in [3.8, 4) is 0 Å². The van der Waals surface area contributed by atoms with Gasteiger partial charge < -0.3 is 22.4 Å². The van der Waals surface area contributed by atoms with Crippen LogP contribution < -0.4 is 4.57 Å². The second kappa shape index (κ2) is 6.85. The SMILES string of the molecule is CC[n+]1csc(CCO)c1C.F[B-](F)(F)F. The number of nitrogens with zero attached hydrogens (tertiary/aromatic N) is 1. The summed E-state index contributed by atoms with van der Waals surface area (Å²) in [6.07, 6.45) is 0.795. The third-order valence-corrected chi connectivity index (χ3v) is 2.98. The molecule has 0 aliphatic carbocycles. The molecule has 1 N–H and O–H groups in total. The van der Waals surface area contributed by atoms with Gasteiger partial charge in [-0.25, -0.2) is 0 Å². The summed E-state index contributed by atoms with van der Waals surface area (Å²) in [6.45, 7) is 5.51. The molecule has 0 saturated carbocycles. The molecule has 0 amide bonds. The van der Waals surface area contributed by atoms with Crippen LogP contribution in [-0.4, -0.2) is 19.0 Å². The molecule has 0 fully saturated rings. The minimum absolute atomic E-state index is 0.255. The lowest BCUT2D eigenvalue weighted by molar-refractivity contribution is -0.694. The van der Waals surface area contributed by atoms with Crippen LogP contribution in [-0.2, 0) is 13.0 Å². The minimum Gasteiger partial charge on any atom is -0.418 e. The molecule has 0 unspecified atom stereocenters. The van der Waals surface area contributed by atoms with Crippen molar-refractivity contribution in [2.45, 2.75) is 26.8 Å². The molecule has 0 aliphatic heterocycles. The molecular weight excluding hydrogens is 245 g/mol. The van der Waals surface area contributed by atoms with Crippen LogP contribution in [0, 0.1) is 6.92 Å². The van der Waals surface area contributed by atoms with E-state index in [2.05, 4.69) is 23.9 Å². The average Bonchev–Trinajstić information content (AvgIpc) is 2.46. The van der Waals surface area contributed by atoms with Crippen LogP contribution in [0.15, 0.2) is 5.51 Å². The zero-order valence-electron chi connectivity index (χ0n) is 9.09. The third-order valence-electron chi connectivity index (χ3n) is 1.84. The monoisotopic (exact) mass is 259 g/mol. The van der Waals surface area contributed by atoms with Crippen molar-refractivity contribution >= 4 is 18.6 Å². The van der Waals surface area contributed by atoms with Crippen LogP contribution in [0.3, 0.4) is 0 Å². The van der Waals surface area contributed by atoms with E-state index in [1.165, 1.54) is 10.6 Å². The van der Waals surface area contributed by atoms with Crippen LogP contribution in [0.25, 0.3) is 0 Å². The van der Waals surface area contributed by atoms with Gasteiger partial charge in [-0.15, -0.1) is 0 Å². The molecule has 8 heteroatoms. The Hall–Kier alpha value is -0.625. The van der Waals surface area contributed by atoms with Gasteiger partial charge in [0.15, 0.2) is 5.69 Å². The lowest BCUT2D eigenvalue weighted by Crippen LogP contribution is -2.32. The molecule has 0 radical (unpaired) electrons. The largest absolute Gasteiger partial charge is 0.673 e. The Kier molecular flexibility index (Phi) is 6.58. The van der Waals surface area contributed by atoms with E-state index in [4.69, 9.17) is 5.11 Å². The van der Waals surface area contributed by atoms with Crippen molar-refractivity contribution in [3.05, 3.63) is 16.1 Å². The van der Waals surface area contributed by atoms with Crippen molar-refractivity contribution in [1.82, 2.24) is 0 Å². The van der Waals surface area contributed by atoms with Crippen LogP contribution in [0.1, 0.15) is 17.5 Å². The second-order valence-electron chi connectivity index (χ2n) is 2.99. The van der Waals surface area contributed by atoms with Gasteiger partial charge in [0.2, 0.25) is 5.51 Å². The first-order valence-corrected chi connectivity index (χ1v) is 5.62. The van der Waals surface area contributed by atoms with Crippen molar-refractivity contribution in [2.75, 3.05) is 6.61 Å². The van der Waals surface area contributed by atoms with E-state index >= 15 is 0 Å². The highest BCUT2D eigenvalue weighted by Gasteiger charge is 2.20. The first kappa shape index (κ1) is 15.4. The van der Waals surface area contributed by atoms with Crippen LogP contribution in [0.5, 0.6) is 0 Å². The van der Waals surface area contributed by atoms with Gasteiger partial charge in [0.1, 0.15) is 6.54 Å². The molecule has 16 heavy (non-hydrogen) atoms. The quantitative estimate of drug-likeness (QED) is 0.502. The van der Waals surface area contributed by atoms with Crippen molar-refractivity contribution in [1.29, 1.82) is 0 Å². The molecule has 0 saturated heterocycles. The predicted octanol–water partition coefficient (Wildman–Crippen LogP) is 2.20. The normalized spacial score (nSPS) is 10.9. The summed E-state index contributed by atoms with van der Waals surface area (Å²) in [4.78, 5) is 1.30. The molecule has 0 bridgehead atoms. The molecule has 2 nitrogen and oxygen atoms in total. The number of rotatable bonds is 3.